The molecule has 2 atom stereocenters. The van der Waals surface area contributed by atoms with Crippen LogP contribution in [-0.4, -0.2) is 7.11 Å². The van der Waals surface area contributed by atoms with Gasteiger partial charge in [0.05, 0.1) is 7.11 Å². The van der Waals surface area contributed by atoms with Crippen molar-refractivity contribution in [3.63, 3.8) is 0 Å². The molecule has 0 aromatic heterocycles. The Balaban J connectivity index is 2.77. The number of benzene rings is 1. The maximum atomic E-state index is 13.3. The molecule has 2 nitrogen and oxygen atoms in total. The molecule has 2 unspecified atom stereocenters. The molecule has 0 fully saturated rings. The molecule has 1 aromatic carbocycles. The summed E-state index contributed by atoms with van der Waals surface area (Å²) in [5.41, 5.74) is 7.25. The Labute approximate surface area is 116 Å². The van der Waals surface area contributed by atoms with Gasteiger partial charge in [-0.05, 0) is 42.4 Å². The molecule has 0 spiro atoms. The lowest BCUT2D eigenvalue weighted by Gasteiger charge is -2.26. The topological polar surface area (TPSA) is 35.2 Å². The van der Waals surface area contributed by atoms with Gasteiger partial charge < -0.3 is 10.5 Å². The second kappa shape index (κ2) is 6.38. The van der Waals surface area contributed by atoms with Crippen molar-refractivity contribution in [2.24, 2.45) is 17.1 Å². The van der Waals surface area contributed by atoms with E-state index in [1.54, 1.807) is 13.2 Å². The number of ether oxygens (including phenoxy) is 1. The van der Waals surface area contributed by atoms with Crippen LogP contribution in [0.4, 0.5) is 4.39 Å². The minimum atomic E-state index is -0.269. The van der Waals surface area contributed by atoms with Crippen LogP contribution in [0.3, 0.4) is 0 Å². The van der Waals surface area contributed by atoms with Crippen LogP contribution >= 0.6 is 0 Å². The summed E-state index contributed by atoms with van der Waals surface area (Å²) >= 11 is 0. The fourth-order valence-corrected chi connectivity index (χ4v) is 2.68. The van der Waals surface area contributed by atoms with E-state index in [-0.39, 0.29) is 17.3 Å². The summed E-state index contributed by atoms with van der Waals surface area (Å²) in [6, 6.07) is 4.32. The van der Waals surface area contributed by atoms with Gasteiger partial charge in [0.2, 0.25) is 0 Å². The Morgan fingerprint density at radius 1 is 1.32 bits per heavy atom. The summed E-state index contributed by atoms with van der Waals surface area (Å²) in [6.07, 6.45) is 1.93. The standard InChI is InChI=1S/C16H26FNO/c1-11(10-16(2,3)4)8-14(18)13-9-12(17)6-7-15(13)19-5/h6-7,9,11,14H,8,10,18H2,1-5H3. The molecule has 1 aromatic rings. The largest absolute Gasteiger partial charge is 0.496 e. The van der Waals surface area contributed by atoms with Crippen molar-refractivity contribution in [1.29, 1.82) is 0 Å². The summed E-state index contributed by atoms with van der Waals surface area (Å²) in [6.45, 7) is 8.85. The third-order valence-corrected chi connectivity index (χ3v) is 3.21. The SMILES string of the molecule is COc1ccc(F)cc1C(N)CC(C)CC(C)(C)C. The Morgan fingerprint density at radius 2 is 1.95 bits per heavy atom. The van der Waals surface area contributed by atoms with Gasteiger partial charge in [0.15, 0.2) is 0 Å². The van der Waals surface area contributed by atoms with Crippen LogP contribution in [0.2, 0.25) is 0 Å². The minimum absolute atomic E-state index is 0.192. The van der Waals surface area contributed by atoms with Crippen LogP contribution in [0, 0.1) is 17.2 Å². The average Bonchev–Trinajstić information content (AvgIpc) is 2.26. The van der Waals surface area contributed by atoms with Gasteiger partial charge in [-0.2, -0.15) is 0 Å². The molecule has 0 aliphatic rings. The zero-order valence-electron chi connectivity index (χ0n) is 12.7. The quantitative estimate of drug-likeness (QED) is 0.863. The highest BCUT2D eigenvalue weighted by molar-refractivity contribution is 5.36. The highest BCUT2D eigenvalue weighted by atomic mass is 19.1. The van der Waals surface area contributed by atoms with Crippen molar-refractivity contribution in [2.45, 2.75) is 46.6 Å². The smallest absolute Gasteiger partial charge is 0.123 e. The highest BCUT2D eigenvalue weighted by Crippen LogP contribution is 2.32. The first-order valence-electron chi connectivity index (χ1n) is 6.82. The lowest BCUT2D eigenvalue weighted by atomic mass is 9.82. The van der Waals surface area contributed by atoms with Crippen LogP contribution in [0.5, 0.6) is 5.75 Å². The fourth-order valence-electron chi connectivity index (χ4n) is 2.68. The Kier molecular flexibility index (Phi) is 5.36. The molecule has 0 radical (unpaired) electrons. The van der Waals surface area contributed by atoms with Crippen LogP contribution in [0.25, 0.3) is 0 Å². The van der Waals surface area contributed by atoms with Crippen LogP contribution in [0.1, 0.15) is 52.1 Å². The van der Waals surface area contributed by atoms with Gasteiger partial charge in [0, 0.05) is 11.6 Å². The van der Waals surface area contributed by atoms with E-state index in [0.29, 0.717) is 11.7 Å². The van der Waals surface area contributed by atoms with Crippen molar-refractivity contribution < 1.29 is 9.13 Å². The Morgan fingerprint density at radius 3 is 2.47 bits per heavy atom. The van der Waals surface area contributed by atoms with Gasteiger partial charge in [-0.25, -0.2) is 4.39 Å². The first-order chi connectivity index (χ1) is 8.73. The van der Waals surface area contributed by atoms with Crippen molar-refractivity contribution in [1.82, 2.24) is 0 Å². The van der Waals surface area contributed by atoms with E-state index in [1.807, 2.05) is 0 Å². The molecule has 2 N–H and O–H groups in total. The summed E-state index contributed by atoms with van der Waals surface area (Å²) in [5, 5.41) is 0. The molecule has 0 saturated heterocycles. The van der Waals surface area contributed by atoms with Gasteiger partial charge in [-0.1, -0.05) is 27.7 Å². The van der Waals surface area contributed by atoms with E-state index in [1.165, 1.54) is 12.1 Å². The third-order valence-electron chi connectivity index (χ3n) is 3.21. The maximum Gasteiger partial charge on any atom is 0.123 e. The summed E-state index contributed by atoms with van der Waals surface area (Å²) in [4.78, 5) is 0. The Bertz CT molecular complexity index is 412. The lowest BCUT2D eigenvalue weighted by Crippen LogP contribution is -2.18. The minimum Gasteiger partial charge on any atom is -0.496 e. The first kappa shape index (κ1) is 16.0. The molecular weight excluding hydrogens is 241 g/mol. The molecule has 0 heterocycles. The summed E-state index contributed by atoms with van der Waals surface area (Å²) in [7, 11) is 1.59. The number of hydrogen-bond acceptors (Lipinski definition) is 2. The number of methoxy groups -OCH3 is 1. The van der Waals surface area contributed by atoms with Crippen LogP contribution < -0.4 is 10.5 Å². The van der Waals surface area contributed by atoms with Crippen molar-refractivity contribution in [3.05, 3.63) is 29.6 Å². The average molecular weight is 267 g/mol. The lowest BCUT2D eigenvalue weighted by molar-refractivity contribution is 0.284. The highest BCUT2D eigenvalue weighted by Gasteiger charge is 2.20. The first-order valence-corrected chi connectivity index (χ1v) is 6.82. The van der Waals surface area contributed by atoms with Crippen LogP contribution in [-0.2, 0) is 0 Å². The molecule has 0 saturated carbocycles. The maximum absolute atomic E-state index is 13.3. The van der Waals surface area contributed by atoms with E-state index in [0.717, 1.165) is 18.4 Å². The van der Waals surface area contributed by atoms with Crippen molar-refractivity contribution in [2.75, 3.05) is 7.11 Å². The van der Waals surface area contributed by atoms with Gasteiger partial charge in [-0.3, -0.25) is 0 Å². The third kappa shape index (κ3) is 5.19. The fraction of sp³-hybridized carbons (Fsp3) is 0.625. The normalized spacial score (nSPS) is 15.1. The number of nitrogens with two attached hydrogens (primary N) is 1. The molecule has 0 aliphatic heterocycles. The molecule has 3 heteroatoms. The van der Waals surface area contributed by atoms with Gasteiger partial charge in [-0.15, -0.1) is 0 Å². The van der Waals surface area contributed by atoms with Crippen LogP contribution in [0.15, 0.2) is 18.2 Å². The van der Waals surface area contributed by atoms with Crippen molar-refractivity contribution >= 4 is 0 Å². The molecule has 0 amide bonds. The molecule has 108 valence electrons. The number of halogens is 1. The monoisotopic (exact) mass is 267 g/mol. The Hall–Kier alpha value is -1.09. The molecule has 1 rings (SSSR count). The summed E-state index contributed by atoms with van der Waals surface area (Å²) < 4.78 is 18.6. The predicted molar refractivity (Wildman–Crippen MR) is 77.7 cm³/mol. The van der Waals surface area contributed by atoms with Gasteiger partial charge in [0.1, 0.15) is 11.6 Å². The molecule has 19 heavy (non-hydrogen) atoms. The molecule has 0 aliphatic carbocycles. The van der Waals surface area contributed by atoms with E-state index in [2.05, 4.69) is 27.7 Å². The second-order valence-electron chi connectivity index (χ2n) is 6.60. The van der Waals surface area contributed by atoms with E-state index in [9.17, 15) is 4.39 Å². The zero-order chi connectivity index (χ0) is 14.6. The zero-order valence-corrected chi connectivity index (χ0v) is 12.7. The van der Waals surface area contributed by atoms with E-state index >= 15 is 0 Å². The number of hydrogen-bond donors (Lipinski definition) is 1. The van der Waals surface area contributed by atoms with Crippen molar-refractivity contribution in [3.8, 4) is 5.75 Å². The second-order valence-corrected chi connectivity index (χ2v) is 6.60. The molecule has 0 bridgehead atoms. The molecular formula is C16H26FNO. The summed E-state index contributed by atoms with van der Waals surface area (Å²) in [5.74, 6) is 0.884. The predicted octanol–water partition coefficient (Wildman–Crippen LogP) is 4.30. The number of rotatable bonds is 5. The van der Waals surface area contributed by atoms with Gasteiger partial charge >= 0.3 is 0 Å². The van der Waals surface area contributed by atoms with Gasteiger partial charge in [0.25, 0.3) is 0 Å². The van der Waals surface area contributed by atoms with E-state index in [4.69, 9.17) is 10.5 Å². The van der Waals surface area contributed by atoms with E-state index < -0.39 is 0 Å².